The van der Waals surface area contributed by atoms with E-state index in [9.17, 15) is 0 Å². The largest absolute Gasteiger partial charge is 0.317 e. The monoisotopic (exact) mass is 271 g/mol. The quantitative estimate of drug-likeness (QED) is 0.787. The smallest absolute Gasteiger partial charge is 0.0849 e. The first-order valence-electron chi connectivity index (χ1n) is 7.04. The van der Waals surface area contributed by atoms with Crippen LogP contribution >= 0.6 is 11.6 Å². The van der Waals surface area contributed by atoms with Crippen molar-refractivity contribution in [2.24, 2.45) is 13.0 Å². The molecular weight excluding hydrogens is 246 g/mol. The maximum absolute atomic E-state index is 6.40. The molecule has 0 saturated carbocycles. The number of nitrogens with zero attached hydrogens (tertiary/aromatic N) is 2. The zero-order chi connectivity index (χ0) is 13.5. The molecule has 104 valence electrons. The molecule has 3 nitrogen and oxygen atoms in total. The van der Waals surface area contributed by atoms with E-state index in [1.54, 1.807) is 0 Å². The Bertz CT molecular complexity index is 360. The van der Waals surface area contributed by atoms with E-state index in [0.717, 1.165) is 36.6 Å². The van der Waals surface area contributed by atoms with Gasteiger partial charge < -0.3 is 5.32 Å². The molecule has 0 spiro atoms. The van der Waals surface area contributed by atoms with Crippen molar-refractivity contribution in [3.8, 4) is 0 Å². The molecule has 4 heteroatoms. The number of hydrogen-bond donors (Lipinski definition) is 1. The van der Waals surface area contributed by atoms with Crippen LogP contribution in [0.15, 0.2) is 0 Å². The maximum atomic E-state index is 6.40. The van der Waals surface area contributed by atoms with Gasteiger partial charge >= 0.3 is 0 Å². The van der Waals surface area contributed by atoms with Crippen molar-refractivity contribution >= 4 is 11.6 Å². The molecule has 1 atom stereocenters. The van der Waals surface area contributed by atoms with E-state index in [2.05, 4.69) is 31.2 Å². The van der Waals surface area contributed by atoms with Crippen LogP contribution in [0.25, 0.3) is 0 Å². The van der Waals surface area contributed by atoms with E-state index in [1.165, 1.54) is 18.5 Å². The van der Waals surface area contributed by atoms with Crippen LogP contribution < -0.4 is 5.32 Å². The van der Waals surface area contributed by atoms with E-state index in [4.69, 9.17) is 11.6 Å². The van der Waals surface area contributed by atoms with Crippen molar-refractivity contribution in [2.45, 2.75) is 46.5 Å². The van der Waals surface area contributed by atoms with Gasteiger partial charge in [0.05, 0.1) is 16.4 Å². The van der Waals surface area contributed by atoms with Crippen molar-refractivity contribution in [3.63, 3.8) is 0 Å². The molecule has 1 N–H and O–H groups in total. The minimum absolute atomic E-state index is 0.646. The number of hydrogen-bond acceptors (Lipinski definition) is 2. The Kier molecular flexibility index (Phi) is 6.72. The zero-order valence-corrected chi connectivity index (χ0v) is 12.8. The second-order valence-electron chi connectivity index (χ2n) is 4.85. The minimum Gasteiger partial charge on any atom is -0.317 e. The van der Waals surface area contributed by atoms with Crippen molar-refractivity contribution in [1.82, 2.24) is 15.1 Å². The zero-order valence-electron chi connectivity index (χ0n) is 12.1. The summed E-state index contributed by atoms with van der Waals surface area (Å²) in [7, 11) is 2.00. The summed E-state index contributed by atoms with van der Waals surface area (Å²) < 4.78 is 1.95. The van der Waals surface area contributed by atoms with Crippen molar-refractivity contribution in [1.29, 1.82) is 0 Å². The molecule has 18 heavy (non-hydrogen) atoms. The van der Waals surface area contributed by atoms with Gasteiger partial charge in [0.25, 0.3) is 0 Å². The Morgan fingerprint density at radius 3 is 2.56 bits per heavy atom. The Balaban J connectivity index is 2.76. The third-order valence-electron chi connectivity index (χ3n) is 3.36. The van der Waals surface area contributed by atoms with Gasteiger partial charge in [0.2, 0.25) is 0 Å². The fraction of sp³-hybridized carbons (Fsp3) is 0.786. The molecule has 0 amide bonds. The molecule has 0 saturated heterocycles. The first-order chi connectivity index (χ1) is 8.63. The van der Waals surface area contributed by atoms with Crippen molar-refractivity contribution in [2.75, 3.05) is 13.1 Å². The first-order valence-corrected chi connectivity index (χ1v) is 7.42. The lowest BCUT2D eigenvalue weighted by Gasteiger charge is -2.16. The highest BCUT2D eigenvalue weighted by Crippen LogP contribution is 2.24. The van der Waals surface area contributed by atoms with Gasteiger partial charge in [0.1, 0.15) is 0 Å². The van der Waals surface area contributed by atoms with Gasteiger partial charge in [0, 0.05) is 7.05 Å². The summed E-state index contributed by atoms with van der Waals surface area (Å²) in [6, 6.07) is 0. The van der Waals surface area contributed by atoms with Crippen LogP contribution in [0.5, 0.6) is 0 Å². The number of halogens is 1. The Hall–Kier alpha value is -0.540. The van der Waals surface area contributed by atoms with Gasteiger partial charge in [-0.2, -0.15) is 5.10 Å². The molecule has 1 unspecified atom stereocenters. The summed E-state index contributed by atoms with van der Waals surface area (Å²) in [5, 5.41) is 8.80. The second-order valence-corrected chi connectivity index (χ2v) is 5.23. The van der Waals surface area contributed by atoms with Crippen LogP contribution in [0.4, 0.5) is 0 Å². The molecule has 0 fully saturated rings. The molecule has 0 aliphatic rings. The summed E-state index contributed by atoms with van der Waals surface area (Å²) in [5.74, 6) is 0.646. The molecule has 1 aromatic heterocycles. The molecule has 1 aromatic rings. The molecule has 0 bridgehead atoms. The van der Waals surface area contributed by atoms with Crippen LogP contribution in [0.1, 0.15) is 45.0 Å². The van der Waals surface area contributed by atoms with Gasteiger partial charge in [-0.15, -0.1) is 0 Å². The van der Waals surface area contributed by atoms with Gasteiger partial charge in [-0.3, -0.25) is 4.68 Å². The predicted molar refractivity (Wildman–Crippen MR) is 78.2 cm³/mol. The highest BCUT2D eigenvalue weighted by Gasteiger charge is 2.17. The van der Waals surface area contributed by atoms with Gasteiger partial charge in [-0.25, -0.2) is 0 Å². The number of aryl methyl sites for hydroxylation is 2. The number of nitrogens with one attached hydrogen (secondary N) is 1. The van der Waals surface area contributed by atoms with Gasteiger partial charge in [-0.05, 0) is 38.3 Å². The van der Waals surface area contributed by atoms with Crippen LogP contribution in [0, 0.1) is 5.92 Å². The molecule has 0 radical (unpaired) electrons. The van der Waals surface area contributed by atoms with Crippen LogP contribution in [0.2, 0.25) is 5.02 Å². The fourth-order valence-corrected chi connectivity index (χ4v) is 2.72. The van der Waals surface area contributed by atoms with Crippen LogP contribution in [-0.4, -0.2) is 22.9 Å². The van der Waals surface area contributed by atoms with E-state index in [0.29, 0.717) is 5.92 Å². The van der Waals surface area contributed by atoms with Crippen LogP contribution in [-0.2, 0) is 19.9 Å². The molecular formula is C14H26ClN3. The van der Waals surface area contributed by atoms with E-state index < -0.39 is 0 Å². The molecule has 1 heterocycles. The summed E-state index contributed by atoms with van der Waals surface area (Å²) in [6.45, 7) is 8.57. The average Bonchev–Trinajstić information content (AvgIpc) is 2.63. The summed E-state index contributed by atoms with van der Waals surface area (Å²) in [6.07, 6.45) is 4.36. The SMILES string of the molecule is CCCC(CNCC)Cc1c(Cl)c(CC)nn1C. The third-order valence-corrected chi connectivity index (χ3v) is 3.80. The standard InChI is InChI=1S/C14H26ClN3/c1-5-8-11(10-16-7-3)9-13-14(15)12(6-2)17-18(13)4/h11,16H,5-10H2,1-4H3. The number of aromatic nitrogens is 2. The molecule has 1 rings (SSSR count). The summed E-state index contributed by atoms with van der Waals surface area (Å²) in [4.78, 5) is 0. The fourth-order valence-electron chi connectivity index (χ4n) is 2.35. The minimum atomic E-state index is 0.646. The Morgan fingerprint density at radius 1 is 1.33 bits per heavy atom. The highest BCUT2D eigenvalue weighted by molar-refractivity contribution is 6.31. The Labute approximate surface area is 116 Å². The topological polar surface area (TPSA) is 29.9 Å². The van der Waals surface area contributed by atoms with Gasteiger partial charge in [0.15, 0.2) is 0 Å². The van der Waals surface area contributed by atoms with E-state index in [1.807, 2.05) is 11.7 Å². The first kappa shape index (κ1) is 15.5. The number of rotatable bonds is 8. The lowest BCUT2D eigenvalue weighted by molar-refractivity contribution is 0.433. The second kappa shape index (κ2) is 7.80. The Morgan fingerprint density at radius 2 is 2.06 bits per heavy atom. The lowest BCUT2D eigenvalue weighted by Crippen LogP contribution is -2.24. The van der Waals surface area contributed by atoms with E-state index >= 15 is 0 Å². The van der Waals surface area contributed by atoms with E-state index in [-0.39, 0.29) is 0 Å². The summed E-state index contributed by atoms with van der Waals surface area (Å²) in [5.41, 5.74) is 2.21. The predicted octanol–water partition coefficient (Wildman–Crippen LogP) is 3.20. The molecule has 0 aliphatic heterocycles. The maximum Gasteiger partial charge on any atom is 0.0849 e. The highest BCUT2D eigenvalue weighted by atomic mass is 35.5. The third kappa shape index (κ3) is 3.99. The van der Waals surface area contributed by atoms with Crippen LogP contribution in [0.3, 0.4) is 0 Å². The summed E-state index contributed by atoms with van der Waals surface area (Å²) >= 11 is 6.40. The normalized spacial score (nSPS) is 12.9. The molecule has 0 aliphatic carbocycles. The van der Waals surface area contributed by atoms with Gasteiger partial charge in [-0.1, -0.05) is 38.8 Å². The molecule has 0 aromatic carbocycles. The lowest BCUT2D eigenvalue weighted by atomic mass is 9.97. The van der Waals surface area contributed by atoms with Crippen molar-refractivity contribution in [3.05, 3.63) is 16.4 Å². The van der Waals surface area contributed by atoms with Crippen molar-refractivity contribution < 1.29 is 0 Å². The average molecular weight is 272 g/mol.